The zero-order valence-electron chi connectivity index (χ0n) is 5.64. The molecule has 2 atom stereocenters. The number of aliphatic hydroxyl groups is 1. The third-order valence-corrected chi connectivity index (χ3v) is 2.04. The summed E-state index contributed by atoms with van der Waals surface area (Å²) in [6.45, 7) is 0. The third kappa shape index (κ3) is 2.12. The summed E-state index contributed by atoms with van der Waals surface area (Å²) >= 11 is 0. The van der Waals surface area contributed by atoms with Crippen LogP contribution in [0.5, 0.6) is 0 Å². The standard InChI is InChI=1S/C6H8NO3P/c8-6(11(9)10)5-2-1-3-7-4-5/h1-4,6,8,11H,(H,9,10). The Morgan fingerprint density at radius 1 is 1.64 bits per heavy atom. The van der Waals surface area contributed by atoms with Crippen LogP contribution in [-0.2, 0) is 4.57 Å². The fourth-order valence-electron chi connectivity index (χ4n) is 0.680. The molecule has 0 aromatic carbocycles. The molecular formula is C6H8NO3P. The van der Waals surface area contributed by atoms with E-state index in [2.05, 4.69) is 4.98 Å². The molecule has 0 aliphatic heterocycles. The molecule has 0 bridgehead atoms. The van der Waals surface area contributed by atoms with Crippen LogP contribution in [0.4, 0.5) is 0 Å². The summed E-state index contributed by atoms with van der Waals surface area (Å²) in [6.07, 6.45) is 2.90. The van der Waals surface area contributed by atoms with E-state index in [0.717, 1.165) is 0 Å². The van der Waals surface area contributed by atoms with E-state index in [1.807, 2.05) is 0 Å². The largest absolute Gasteiger partial charge is 0.378 e. The molecule has 0 aliphatic carbocycles. The fraction of sp³-hybridized carbons (Fsp3) is 0.167. The van der Waals surface area contributed by atoms with Crippen LogP contribution in [0.1, 0.15) is 11.4 Å². The van der Waals surface area contributed by atoms with Gasteiger partial charge in [0, 0.05) is 18.0 Å². The molecule has 60 valence electrons. The van der Waals surface area contributed by atoms with Gasteiger partial charge < -0.3 is 10.00 Å². The van der Waals surface area contributed by atoms with Crippen molar-refractivity contribution >= 4 is 8.03 Å². The van der Waals surface area contributed by atoms with Gasteiger partial charge in [0.05, 0.1) is 0 Å². The molecule has 2 N–H and O–H groups in total. The van der Waals surface area contributed by atoms with Crippen molar-refractivity contribution in [3.63, 3.8) is 0 Å². The molecule has 0 radical (unpaired) electrons. The number of nitrogens with zero attached hydrogens (tertiary/aromatic N) is 1. The highest BCUT2D eigenvalue weighted by atomic mass is 31.1. The van der Waals surface area contributed by atoms with E-state index in [0.29, 0.717) is 5.56 Å². The Morgan fingerprint density at radius 3 is 2.82 bits per heavy atom. The highest BCUT2D eigenvalue weighted by molar-refractivity contribution is 7.38. The van der Waals surface area contributed by atoms with E-state index in [4.69, 9.17) is 10.00 Å². The monoisotopic (exact) mass is 173 g/mol. The second kappa shape index (κ2) is 3.62. The topological polar surface area (TPSA) is 70.4 Å². The van der Waals surface area contributed by atoms with Gasteiger partial charge in [0.2, 0.25) is 8.03 Å². The lowest BCUT2D eigenvalue weighted by atomic mass is 10.3. The number of rotatable bonds is 2. The molecule has 0 aliphatic rings. The number of aliphatic hydroxyl groups excluding tert-OH is 1. The minimum Gasteiger partial charge on any atom is -0.378 e. The molecule has 0 saturated heterocycles. The molecular weight excluding hydrogens is 165 g/mol. The minimum atomic E-state index is -2.90. The zero-order chi connectivity index (χ0) is 8.27. The van der Waals surface area contributed by atoms with Gasteiger partial charge in [-0.2, -0.15) is 0 Å². The molecule has 1 rings (SSSR count). The molecule has 0 fully saturated rings. The van der Waals surface area contributed by atoms with Crippen molar-refractivity contribution in [2.24, 2.45) is 0 Å². The van der Waals surface area contributed by atoms with Gasteiger partial charge in [0.15, 0.2) is 5.85 Å². The highest BCUT2D eigenvalue weighted by Gasteiger charge is 2.11. The van der Waals surface area contributed by atoms with Gasteiger partial charge in [-0.25, -0.2) is 0 Å². The zero-order valence-corrected chi connectivity index (χ0v) is 6.64. The Labute approximate surface area is 64.4 Å². The minimum absolute atomic E-state index is 0.374. The van der Waals surface area contributed by atoms with E-state index in [1.54, 1.807) is 12.1 Å². The Hall–Kier alpha value is -0.700. The lowest BCUT2D eigenvalue weighted by Gasteiger charge is -2.04. The van der Waals surface area contributed by atoms with Crippen molar-refractivity contribution in [3.8, 4) is 0 Å². The highest BCUT2D eigenvalue weighted by Crippen LogP contribution is 2.33. The van der Waals surface area contributed by atoms with Crippen LogP contribution in [-0.4, -0.2) is 15.0 Å². The van der Waals surface area contributed by atoms with Gasteiger partial charge in [-0.15, -0.1) is 0 Å². The molecule has 0 spiro atoms. The molecule has 11 heavy (non-hydrogen) atoms. The van der Waals surface area contributed by atoms with Crippen molar-refractivity contribution in [2.45, 2.75) is 5.85 Å². The van der Waals surface area contributed by atoms with Crippen molar-refractivity contribution in [1.29, 1.82) is 0 Å². The average molecular weight is 173 g/mol. The molecule has 4 nitrogen and oxygen atoms in total. The van der Waals surface area contributed by atoms with Crippen LogP contribution in [0.2, 0.25) is 0 Å². The summed E-state index contributed by atoms with van der Waals surface area (Å²) in [6, 6.07) is 3.15. The predicted molar refractivity (Wildman–Crippen MR) is 40.4 cm³/mol. The summed E-state index contributed by atoms with van der Waals surface area (Å²) in [4.78, 5) is 12.2. The average Bonchev–Trinajstić information content (AvgIpc) is 2.05. The summed E-state index contributed by atoms with van der Waals surface area (Å²) < 4.78 is 10.4. The third-order valence-electron chi connectivity index (χ3n) is 1.23. The first-order chi connectivity index (χ1) is 5.22. The van der Waals surface area contributed by atoms with Gasteiger partial charge in [-0.05, 0) is 6.07 Å². The van der Waals surface area contributed by atoms with E-state index in [9.17, 15) is 4.57 Å². The van der Waals surface area contributed by atoms with E-state index in [1.165, 1.54) is 12.4 Å². The first-order valence-electron chi connectivity index (χ1n) is 3.02. The Morgan fingerprint density at radius 2 is 2.36 bits per heavy atom. The van der Waals surface area contributed by atoms with Crippen molar-refractivity contribution in [1.82, 2.24) is 4.98 Å². The van der Waals surface area contributed by atoms with Crippen LogP contribution in [0.15, 0.2) is 24.5 Å². The number of pyridine rings is 1. The SMILES string of the molecule is O=[PH](O)C(O)c1cccnc1. The second-order valence-corrected chi connectivity index (χ2v) is 3.25. The molecule has 1 aromatic rings. The maximum Gasteiger partial charge on any atom is 0.221 e. The Kier molecular flexibility index (Phi) is 2.76. The van der Waals surface area contributed by atoms with Crippen LogP contribution in [0.25, 0.3) is 0 Å². The van der Waals surface area contributed by atoms with Crippen molar-refractivity contribution < 1.29 is 14.6 Å². The lowest BCUT2D eigenvalue weighted by molar-refractivity contribution is 0.242. The maximum atomic E-state index is 10.4. The van der Waals surface area contributed by atoms with Gasteiger partial charge in [-0.3, -0.25) is 9.55 Å². The van der Waals surface area contributed by atoms with E-state index >= 15 is 0 Å². The second-order valence-electron chi connectivity index (χ2n) is 2.03. The van der Waals surface area contributed by atoms with Gasteiger partial charge in [0.25, 0.3) is 0 Å². The van der Waals surface area contributed by atoms with Gasteiger partial charge >= 0.3 is 0 Å². The van der Waals surface area contributed by atoms with Crippen LogP contribution < -0.4 is 0 Å². The summed E-state index contributed by atoms with van der Waals surface area (Å²) in [7, 11) is -2.90. The quantitative estimate of drug-likeness (QED) is 0.640. The van der Waals surface area contributed by atoms with Gasteiger partial charge in [-0.1, -0.05) is 6.07 Å². The van der Waals surface area contributed by atoms with E-state index < -0.39 is 13.9 Å². The molecule has 1 heterocycles. The summed E-state index contributed by atoms with van der Waals surface area (Å²) in [5.74, 6) is -1.28. The smallest absolute Gasteiger partial charge is 0.221 e. The van der Waals surface area contributed by atoms with E-state index in [-0.39, 0.29) is 0 Å². The fourth-order valence-corrected chi connectivity index (χ4v) is 1.14. The summed E-state index contributed by atoms with van der Waals surface area (Å²) in [5, 5.41) is 9.04. The Bertz CT molecular complexity index is 251. The maximum absolute atomic E-state index is 10.4. The first kappa shape index (κ1) is 8.40. The van der Waals surface area contributed by atoms with Crippen molar-refractivity contribution in [3.05, 3.63) is 30.1 Å². The van der Waals surface area contributed by atoms with Crippen LogP contribution in [0.3, 0.4) is 0 Å². The van der Waals surface area contributed by atoms with Gasteiger partial charge in [0.1, 0.15) is 0 Å². The van der Waals surface area contributed by atoms with Crippen molar-refractivity contribution in [2.75, 3.05) is 0 Å². The molecule has 1 aromatic heterocycles. The molecule has 0 saturated carbocycles. The molecule has 0 amide bonds. The number of hydrogen-bond donors (Lipinski definition) is 2. The van der Waals surface area contributed by atoms with Crippen LogP contribution in [0, 0.1) is 0 Å². The predicted octanol–water partition coefficient (Wildman–Crippen LogP) is 0.539. The normalized spacial score (nSPS) is 15.8. The first-order valence-corrected chi connectivity index (χ1v) is 4.46. The molecule has 2 unspecified atom stereocenters. The number of aromatic nitrogens is 1. The number of hydrogen-bond acceptors (Lipinski definition) is 3. The molecule has 5 heteroatoms. The lowest BCUT2D eigenvalue weighted by Crippen LogP contribution is -1.91. The Balaban J connectivity index is 2.85. The van der Waals surface area contributed by atoms with Crippen LogP contribution >= 0.6 is 8.03 Å². The summed E-state index contributed by atoms with van der Waals surface area (Å²) in [5.41, 5.74) is 0.374.